The SMILES string of the molecule is C#CCCC(NC)c1cn[nH]n1. The van der Waals surface area contributed by atoms with Crippen LogP contribution < -0.4 is 5.32 Å². The Balaban J connectivity index is 2.52. The van der Waals surface area contributed by atoms with Crippen LogP contribution in [0.25, 0.3) is 0 Å². The Kier molecular flexibility index (Phi) is 3.30. The highest BCUT2D eigenvalue weighted by Crippen LogP contribution is 2.13. The van der Waals surface area contributed by atoms with Gasteiger partial charge in [0, 0.05) is 6.42 Å². The lowest BCUT2D eigenvalue weighted by Crippen LogP contribution is -2.16. The number of aromatic nitrogens is 3. The summed E-state index contributed by atoms with van der Waals surface area (Å²) >= 11 is 0. The highest BCUT2D eigenvalue weighted by atomic mass is 15.3. The minimum Gasteiger partial charge on any atom is -0.312 e. The van der Waals surface area contributed by atoms with Crippen LogP contribution in [0.4, 0.5) is 0 Å². The van der Waals surface area contributed by atoms with Crippen LogP contribution in [-0.4, -0.2) is 22.5 Å². The molecular weight excluding hydrogens is 152 g/mol. The van der Waals surface area contributed by atoms with Gasteiger partial charge in [0.1, 0.15) is 0 Å². The molecule has 1 heterocycles. The van der Waals surface area contributed by atoms with Gasteiger partial charge in [0.05, 0.1) is 17.9 Å². The van der Waals surface area contributed by atoms with E-state index in [1.165, 1.54) is 0 Å². The largest absolute Gasteiger partial charge is 0.312 e. The monoisotopic (exact) mass is 164 g/mol. The third-order valence-electron chi connectivity index (χ3n) is 1.72. The first-order chi connectivity index (χ1) is 5.88. The molecule has 0 aliphatic heterocycles. The van der Waals surface area contributed by atoms with Crippen molar-refractivity contribution in [1.29, 1.82) is 0 Å². The van der Waals surface area contributed by atoms with E-state index in [0.717, 1.165) is 18.5 Å². The lowest BCUT2D eigenvalue weighted by Gasteiger charge is -2.10. The Morgan fingerprint density at radius 3 is 3.17 bits per heavy atom. The number of hydrogen-bond acceptors (Lipinski definition) is 3. The number of aromatic amines is 1. The average Bonchev–Trinajstić information content (AvgIpc) is 2.59. The average molecular weight is 164 g/mol. The fraction of sp³-hybridized carbons (Fsp3) is 0.500. The molecule has 1 aromatic heterocycles. The quantitative estimate of drug-likeness (QED) is 0.636. The predicted octanol–water partition coefficient (Wildman–Crippen LogP) is 0.479. The molecule has 0 saturated carbocycles. The topological polar surface area (TPSA) is 53.6 Å². The van der Waals surface area contributed by atoms with Gasteiger partial charge in [-0.2, -0.15) is 15.4 Å². The van der Waals surface area contributed by atoms with Gasteiger partial charge in [0.2, 0.25) is 0 Å². The molecule has 64 valence electrons. The van der Waals surface area contributed by atoms with Crippen LogP contribution in [0.5, 0.6) is 0 Å². The van der Waals surface area contributed by atoms with Crippen LogP contribution in [0.2, 0.25) is 0 Å². The Bertz CT molecular complexity index is 247. The van der Waals surface area contributed by atoms with Crippen LogP contribution in [-0.2, 0) is 0 Å². The highest BCUT2D eigenvalue weighted by molar-refractivity contribution is 5.00. The maximum Gasteiger partial charge on any atom is 0.0994 e. The van der Waals surface area contributed by atoms with Gasteiger partial charge in [-0.25, -0.2) is 0 Å². The van der Waals surface area contributed by atoms with Crippen molar-refractivity contribution in [1.82, 2.24) is 20.7 Å². The second-order valence-electron chi connectivity index (χ2n) is 2.48. The summed E-state index contributed by atoms with van der Waals surface area (Å²) in [5.74, 6) is 2.60. The first kappa shape index (κ1) is 8.75. The van der Waals surface area contributed by atoms with Gasteiger partial charge in [0.15, 0.2) is 0 Å². The molecule has 1 atom stereocenters. The molecule has 4 nitrogen and oxygen atoms in total. The Hall–Kier alpha value is -1.34. The molecule has 2 N–H and O–H groups in total. The molecule has 0 spiro atoms. The number of rotatable bonds is 4. The summed E-state index contributed by atoms with van der Waals surface area (Å²) in [5, 5.41) is 13.4. The molecule has 0 aliphatic rings. The van der Waals surface area contributed by atoms with E-state index in [1.807, 2.05) is 7.05 Å². The maximum atomic E-state index is 5.16. The zero-order valence-corrected chi connectivity index (χ0v) is 7.04. The molecular formula is C8H12N4. The first-order valence-electron chi connectivity index (χ1n) is 3.85. The minimum atomic E-state index is 0.208. The fourth-order valence-corrected chi connectivity index (χ4v) is 1.05. The van der Waals surface area contributed by atoms with E-state index < -0.39 is 0 Å². The Labute approximate surface area is 71.8 Å². The summed E-state index contributed by atoms with van der Waals surface area (Å²) < 4.78 is 0. The molecule has 1 rings (SSSR count). The van der Waals surface area contributed by atoms with Crippen molar-refractivity contribution in [3.05, 3.63) is 11.9 Å². The number of terminal acetylenes is 1. The molecule has 0 aliphatic carbocycles. The lowest BCUT2D eigenvalue weighted by atomic mass is 10.1. The van der Waals surface area contributed by atoms with Crippen LogP contribution >= 0.6 is 0 Å². The number of nitrogens with one attached hydrogen (secondary N) is 2. The van der Waals surface area contributed by atoms with E-state index in [9.17, 15) is 0 Å². The number of nitrogens with zero attached hydrogens (tertiary/aromatic N) is 2. The van der Waals surface area contributed by atoms with Gasteiger partial charge in [-0.3, -0.25) is 0 Å². The molecule has 1 unspecified atom stereocenters. The summed E-state index contributed by atoms with van der Waals surface area (Å²) in [6, 6.07) is 0.208. The fourth-order valence-electron chi connectivity index (χ4n) is 1.05. The molecule has 4 heteroatoms. The van der Waals surface area contributed by atoms with Gasteiger partial charge in [-0.05, 0) is 13.5 Å². The van der Waals surface area contributed by atoms with E-state index in [4.69, 9.17) is 6.42 Å². The van der Waals surface area contributed by atoms with E-state index in [2.05, 4.69) is 26.6 Å². The van der Waals surface area contributed by atoms with Gasteiger partial charge in [0.25, 0.3) is 0 Å². The van der Waals surface area contributed by atoms with Gasteiger partial charge < -0.3 is 5.32 Å². The van der Waals surface area contributed by atoms with Crippen molar-refractivity contribution in [3.63, 3.8) is 0 Å². The third kappa shape index (κ3) is 2.07. The maximum absolute atomic E-state index is 5.16. The summed E-state index contributed by atoms with van der Waals surface area (Å²) in [7, 11) is 1.88. The van der Waals surface area contributed by atoms with Gasteiger partial charge in [-0.1, -0.05) is 0 Å². The number of hydrogen-bond donors (Lipinski definition) is 2. The molecule has 12 heavy (non-hydrogen) atoms. The van der Waals surface area contributed by atoms with Crippen molar-refractivity contribution >= 4 is 0 Å². The zero-order chi connectivity index (χ0) is 8.81. The van der Waals surface area contributed by atoms with Crippen LogP contribution in [0.3, 0.4) is 0 Å². The van der Waals surface area contributed by atoms with Gasteiger partial charge in [-0.15, -0.1) is 12.3 Å². The first-order valence-corrected chi connectivity index (χ1v) is 3.85. The van der Waals surface area contributed by atoms with Crippen molar-refractivity contribution in [2.24, 2.45) is 0 Å². The molecule has 0 aromatic carbocycles. The van der Waals surface area contributed by atoms with Gasteiger partial charge >= 0.3 is 0 Å². The second kappa shape index (κ2) is 4.52. The zero-order valence-electron chi connectivity index (χ0n) is 7.04. The van der Waals surface area contributed by atoms with Crippen molar-refractivity contribution in [2.75, 3.05) is 7.05 Å². The summed E-state index contributed by atoms with van der Waals surface area (Å²) in [4.78, 5) is 0. The molecule has 0 amide bonds. The van der Waals surface area contributed by atoms with Crippen molar-refractivity contribution < 1.29 is 0 Å². The van der Waals surface area contributed by atoms with E-state index in [1.54, 1.807) is 6.20 Å². The van der Waals surface area contributed by atoms with E-state index in [0.29, 0.717) is 0 Å². The molecule has 1 aromatic rings. The highest BCUT2D eigenvalue weighted by Gasteiger charge is 2.09. The normalized spacial score (nSPS) is 12.3. The standard InChI is InChI=1S/C8H12N4/c1-3-4-5-7(9-2)8-6-10-12-11-8/h1,6-7,9H,4-5H2,2H3,(H,10,11,12). The van der Waals surface area contributed by atoms with E-state index in [-0.39, 0.29) is 6.04 Å². The Morgan fingerprint density at radius 2 is 2.67 bits per heavy atom. The smallest absolute Gasteiger partial charge is 0.0994 e. The molecule has 0 fully saturated rings. The molecule has 0 bridgehead atoms. The van der Waals surface area contributed by atoms with Crippen molar-refractivity contribution in [3.8, 4) is 12.3 Å². The summed E-state index contributed by atoms with van der Waals surface area (Å²) in [6.45, 7) is 0. The summed E-state index contributed by atoms with van der Waals surface area (Å²) in [6.07, 6.45) is 8.51. The van der Waals surface area contributed by atoms with Crippen LogP contribution in [0, 0.1) is 12.3 Å². The van der Waals surface area contributed by atoms with Crippen molar-refractivity contribution in [2.45, 2.75) is 18.9 Å². The van der Waals surface area contributed by atoms with Crippen LogP contribution in [0.1, 0.15) is 24.6 Å². The molecule has 0 saturated heterocycles. The molecule has 0 radical (unpaired) electrons. The van der Waals surface area contributed by atoms with Crippen LogP contribution in [0.15, 0.2) is 6.20 Å². The lowest BCUT2D eigenvalue weighted by molar-refractivity contribution is 0.543. The Morgan fingerprint density at radius 1 is 1.83 bits per heavy atom. The number of H-pyrrole nitrogens is 1. The second-order valence-corrected chi connectivity index (χ2v) is 2.48. The predicted molar refractivity (Wildman–Crippen MR) is 46.3 cm³/mol. The summed E-state index contributed by atoms with van der Waals surface area (Å²) in [5.41, 5.74) is 0.910. The van der Waals surface area contributed by atoms with E-state index >= 15 is 0 Å². The minimum absolute atomic E-state index is 0.208. The third-order valence-corrected chi connectivity index (χ3v) is 1.72.